The number of aryl methyl sites for hydroxylation is 2. The molecule has 0 amide bonds. The quantitative estimate of drug-likeness (QED) is 0.945. The molecule has 0 saturated carbocycles. The van der Waals surface area contributed by atoms with Crippen LogP contribution in [-0.2, 0) is 7.05 Å². The molecule has 106 valence electrons. The van der Waals surface area contributed by atoms with Gasteiger partial charge in [0.1, 0.15) is 5.75 Å². The Balaban J connectivity index is 2.75. The molecule has 2 aromatic rings. The number of carbonyl (C=O) groups is 1. The first-order valence-electron chi connectivity index (χ1n) is 5.98. The Labute approximate surface area is 121 Å². The zero-order valence-electron chi connectivity index (χ0n) is 11.7. The van der Waals surface area contributed by atoms with E-state index in [0.29, 0.717) is 16.5 Å². The van der Waals surface area contributed by atoms with E-state index in [1.807, 2.05) is 19.9 Å². The Hall–Kier alpha value is -2.01. The third-order valence-electron chi connectivity index (χ3n) is 3.22. The number of aromatic carboxylic acids is 1. The summed E-state index contributed by atoms with van der Waals surface area (Å²) in [5.74, 6) is -0.427. The van der Waals surface area contributed by atoms with Gasteiger partial charge in [-0.15, -0.1) is 0 Å². The molecule has 0 fully saturated rings. The highest BCUT2D eigenvalue weighted by Crippen LogP contribution is 2.39. The lowest BCUT2D eigenvalue weighted by Gasteiger charge is -2.15. The van der Waals surface area contributed by atoms with Crippen LogP contribution in [-0.4, -0.2) is 28.0 Å². The number of methoxy groups -OCH3 is 1. The van der Waals surface area contributed by atoms with Crippen LogP contribution in [0.25, 0.3) is 11.3 Å². The molecule has 0 radical (unpaired) electrons. The number of carboxylic acids is 1. The second-order valence-corrected chi connectivity index (χ2v) is 4.96. The molecule has 0 saturated heterocycles. The van der Waals surface area contributed by atoms with Gasteiger partial charge in [0, 0.05) is 23.2 Å². The smallest absolute Gasteiger partial charge is 0.356 e. The van der Waals surface area contributed by atoms with E-state index in [2.05, 4.69) is 5.10 Å². The Bertz CT molecular complexity index is 692. The Morgan fingerprint density at radius 3 is 2.55 bits per heavy atom. The van der Waals surface area contributed by atoms with Gasteiger partial charge >= 0.3 is 5.97 Å². The molecular weight excluding hydrogens is 280 g/mol. The SMILES string of the molecule is COc1c(C)c(Cl)cc(C)c1-c1cc(C(=O)O)nn1C. The van der Waals surface area contributed by atoms with E-state index in [1.54, 1.807) is 14.2 Å². The number of aromatic nitrogens is 2. The van der Waals surface area contributed by atoms with Crippen molar-refractivity contribution in [3.63, 3.8) is 0 Å². The minimum Gasteiger partial charge on any atom is -0.496 e. The maximum atomic E-state index is 11.0. The summed E-state index contributed by atoms with van der Waals surface area (Å²) < 4.78 is 6.97. The minimum atomic E-state index is -1.06. The lowest BCUT2D eigenvalue weighted by atomic mass is 10.0. The van der Waals surface area contributed by atoms with Gasteiger partial charge < -0.3 is 9.84 Å². The summed E-state index contributed by atoms with van der Waals surface area (Å²) in [5, 5.41) is 13.6. The van der Waals surface area contributed by atoms with Gasteiger partial charge in [-0.05, 0) is 31.5 Å². The molecule has 1 aromatic heterocycles. The standard InChI is InChI=1S/C14H15ClN2O3/c1-7-5-9(15)8(2)13(20-4)12(7)11-6-10(14(18)19)16-17(11)3/h5-6H,1-4H3,(H,18,19). The molecule has 0 unspecified atom stereocenters. The molecule has 1 N–H and O–H groups in total. The number of ether oxygens (including phenoxy) is 1. The topological polar surface area (TPSA) is 64.3 Å². The number of hydrogen-bond acceptors (Lipinski definition) is 3. The van der Waals surface area contributed by atoms with E-state index in [0.717, 1.165) is 16.7 Å². The highest BCUT2D eigenvalue weighted by molar-refractivity contribution is 6.31. The van der Waals surface area contributed by atoms with Crippen LogP contribution in [0.1, 0.15) is 21.6 Å². The fraction of sp³-hybridized carbons (Fsp3) is 0.286. The largest absolute Gasteiger partial charge is 0.496 e. The lowest BCUT2D eigenvalue weighted by molar-refractivity contribution is 0.0689. The first kappa shape index (κ1) is 14.4. The third kappa shape index (κ3) is 2.25. The van der Waals surface area contributed by atoms with Crippen LogP contribution in [0.4, 0.5) is 0 Å². The second kappa shape index (κ2) is 5.17. The van der Waals surface area contributed by atoms with Gasteiger partial charge in [0.25, 0.3) is 0 Å². The van der Waals surface area contributed by atoms with Gasteiger partial charge in [-0.3, -0.25) is 4.68 Å². The van der Waals surface area contributed by atoms with Gasteiger partial charge in [-0.2, -0.15) is 5.10 Å². The van der Waals surface area contributed by atoms with Crippen LogP contribution < -0.4 is 4.74 Å². The summed E-state index contributed by atoms with van der Waals surface area (Å²) in [5.41, 5.74) is 3.19. The zero-order chi connectivity index (χ0) is 15.0. The maximum absolute atomic E-state index is 11.0. The van der Waals surface area contributed by atoms with Crippen LogP contribution in [0.3, 0.4) is 0 Å². The molecule has 0 bridgehead atoms. The third-order valence-corrected chi connectivity index (χ3v) is 3.62. The summed E-state index contributed by atoms with van der Waals surface area (Å²) in [4.78, 5) is 11.0. The highest BCUT2D eigenvalue weighted by atomic mass is 35.5. The minimum absolute atomic E-state index is 0.00319. The van der Waals surface area contributed by atoms with Crippen molar-refractivity contribution in [1.29, 1.82) is 0 Å². The summed E-state index contributed by atoms with van der Waals surface area (Å²) in [6.45, 7) is 3.76. The van der Waals surface area contributed by atoms with Crippen LogP contribution in [0.2, 0.25) is 5.02 Å². The number of benzene rings is 1. The molecule has 2 rings (SSSR count). The van der Waals surface area contributed by atoms with E-state index in [1.165, 1.54) is 10.7 Å². The highest BCUT2D eigenvalue weighted by Gasteiger charge is 2.20. The van der Waals surface area contributed by atoms with Gasteiger partial charge in [-0.1, -0.05) is 11.6 Å². The first-order chi connectivity index (χ1) is 9.36. The summed E-state index contributed by atoms with van der Waals surface area (Å²) in [7, 11) is 3.26. The molecule has 1 heterocycles. The molecule has 1 aromatic carbocycles. The molecular formula is C14H15ClN2O3. The van der Waals surface area contributed by atoms with Crippen molar-refractivity contribution < 1.29 is 14.6 Å². The van der Waals surface area contributed by atoms with Gasteiger partial charge in [0.05, 0.1) is 12.8 Å². The lowest BCUT2D eigenvalue weighted by Crippen LogP contribution is -2.01. The molecule has 20 heavy (non-hydrogen) atoms. The molecule has 0 aliphatic rings. The summed E-state index contributed by atoms with van der Waals surface area (Å²) in [6, 6.07) is 3.36. The fourth-order valence-corrected chi connectivity index (χ4v) is 2.47. The Morgan fingerprint density at radius 2 is 2.05 bits per heavy atom. The van der Waals surface area contributed by atoms with Crippen molar-refractivity contribution >= 4 is 17.6 Å². The predicted molar refractivity (Wildman–Crippen MR) is 76.6 cm³/mol. The maximum Gasteiger partial charge on any atom is 0.356 e. The van der Waals surface area contributed by atoms with Crippen molar-refractivity contribution in [1.82, 2.24) is 9.78 Å². The van der Waals surface area contributed by atoms with Crippen LogP contribution in [0, 0.1) is 13.8 Å². The molecule has 0 aliphatic heterocycles. The van der Waals surface area contributed by atoms with Gasteiger partial charge in [-0.25, -0.2) is 4.79 Å². The number of hydrogen-bond donors (Lipinski definition) is 1. The number of rotatable bonds is 3. The average Bonchev–Trinajstić information content (AvgIpc) is 2.75. The van der Waals surface area contributed by atoms with Crippen LogP contribution >= 0.6 is 11.6 Å². The van der Waals surface area contributed by atoms with E-state index in [4.69, 9.17) is 21.4 Å². The number of nitrogens with zero attached hydrogens (tertiary/aromatic N) is 2. The van der Waals surface area contributed by atoms with Crippen molar-refractivity contribution in [3.8, 4) is 17.0 Å². The van der Waals surface area contributed by atoms with Crippen molar-refractivity contribution in [3.05, 3.63) is 34.0 Å². The van der Waals surface area contributed by atoms with Crippen molar-refractivity contribution in [2.24, 2.45) is 7.05 Å². The van der Waals surface area contributed by atoms with E-state index < -0.39 is 5.97 Å². The van der Waals surface area contributed by atoms with Crippen molar-refractivity contribution in [2.75, 3.05) is 7.11 Å². The first-order valence-corrected chi connectivity index (χ1v) is 6.36. The Morgan fingerprint density at radius 1 is 1.40 bits per heavy atom. The monoisotopic (exact) mass is 294 g/mol. The summed E-state index contributed by atoms with van der Waals surface area (Å²) in [6.07, 6.45) is 0. The molecule has 6 heteroatoms. The molecule has 5 nitrogen and oxygen atoms in total. The van der Waals surface area contributed by atoms with E-state index in [-0.39, 0.29) is 5.69 Å². The van der Waals surface area contributed by atoms with Gasteiger partial charge in [0.15, 0.2) is 5.69 Å². The van der Waals surface area contributed by atoms with E-state index >= 15 is 0 Å². The van der Waals surface area contributed by atoms with Crippen molar-refractivity contribution in [2.45, 2.75) is 13.8 Å². The molecule has 0 aliphatic carbocycles. The van der Waals surface area contributed by atoms with Gasteiger partial charge in [0.2, 0.25) is 0 Å². The second-order valence-electron chi connectivity index (χ2n) is 4.55. The van der Waals surface area contributed by atoms with Crippen LogP contribution in [0.15, 0.2) is 12.1 Å². The van der Waals surface area contributed by atoms with Crippen LogP contribution in [0.5, 0.6) is 5.75 Å². The fourth-order valence-electron chi connectivity index (χ4n) is 2.22. The predicted octanol–water partition coefficient (Wildman–Crippen LogP) is 3.06. The van der Waals surface area contributed by atoms with E-state index in [9.17, 15) is 4.79 Å². The normalized spacial score (nSPS) is 10.7. The Kier molecular flexibility index (Phi) is 3.72. The molecule has 0 atom stereocenters. The summed E-state index contributed by atoms with van der Waals surface area (Å²) >= 11 is 6.16. The average molecular weight is 295 g/mol. The number of carboxylic acid groups (broad SMARTS) is 1. The number of halogens is 1. The molecule has 0 spiro atoms. The zero-order valence-corrected chi connectivity index (χ0v) is 12.4.